The van der Waals surface area contributed by atoms with Crippen LogP contribution in [0.25, 0.3) is 27.3 Å². The number of rotatable bonds is 6. The maximum Gasteiger partial charge on any atom is 0.230 e. The van der Waals surface area contributed by atoms with Crippen LogP contribution in [-0.2, 0) is 0 Å². The molecule has 0 aliphatic rings. The molecule has 27 heavy (non-hydrogen) atoms. The van der Waals surface area contributed by atoms with E-state index < -0.39 is 0 Å². The number of fused-ring (bicyclic) bond motifs is 3. The molecule has 4 rings (SSSR count). The number of hydrogen-bond acceptors (Lipinski definition) is 7. The van der Waals surface area contributed by atoms with E-state index in [2.05, 4.69) is 13.8 Å². The molecule has 8 heteroatoms. The summed E-state index contributed by atoms with van der Waals surface area (Å²) in [6.45, 7) is 4.79. The summed E-state index contributed by atoms with van der Waals surface area (Å²) in [5.41, 5.74) is 2.83. The molecule has 0 unspecified atom stereocenters. The van der Waals surface area contributed by atoms with Gasteiger partial charge < -0.3 is 15.1 Å². The number of anilines is 1. The summed E-state index contributed by atoms with van der Waals surface area (Å²) in [5, 5.41) is 24.6. The van der Waals surface area contributed by atoms with Gasteiger partial charge in [0.1, 0.15) is 4.83 Å². The third kappa shape index (κ3) is 3.05. The highest BCUT2D eigenvalue weighted by atomic mass is 32.1. The minimum atomic E-state index is -0.0378. The van der Waals surface area contributed by atoms with E-state index >= 15 is 0 Å². The Morgan fingerprint density at radius 1 is 1.04 bits per heavy atom. The van der Waals surface area contributed by atoms with E-state index in [1.54, 1.807) is 15.9 Å². The van der Waals surface area contributed by atoms with Crippen molar-refractivity contribution >= 4 is 33.1 Å². The van der Waals surface area contributed by atoms with Gasteiger partial charge in [-0.25, -0.2) is 9.97 Å². The summed E-state index contributed by atoms with van der Waals surface area (Å²) in [6.07, 6.45) is 0. The first kappa shape index (κ1) is 17.8. The zero-order valence-electron chi connectivity index (χ0n) is 15.3. The Morgan fingerprint density at radius 3 is 2.41 bits per heavy atom. The van der Waals surface area contributed by atoms with E-state index in [9.17, 15) is 10.2 Å². The van der Waals surface area contributed by atoms with Crippen LogP contribution in [0.15, 0.2) is 30.3 Å². The number of thiophene rings is 1. The first-order chi connectivity index (χ1) is 13.1. The lowest BCUT2D eigenvalue weighted by Gasteiger charge is -2.21. The Balaban J connectivity index is 2.02. The van der Waals surface area contributed by atoms with E-state index in [-0.39, 0.29) is 13.2 Å². The van der Waals surface area contributed by atoms with Gasteiger partial charge in [0.2, 0.25) is 5.95 Å². The molecule has 1 aromatic carbocycles. The summed E-state index contributed by atoms with van der Waals surface area (Å²) in [6, 6.07) is 9.83. The van der Waals surface area contributed by atoms with Crippen molar-refractivity contribution in [2.24, 2.45) is 0 Å². The predicted octanol–water partition coefficient (Wildman–Crippen LogP) is 2.41. The van der Waals surface area contributed by atoms with Crippen LogP contribution in [0, 0.1) is 13.8 Å². The Kier molecular flexibility index (Phi) is 4.77. The fourth-order valence-electron chi connectivity index (χ4n) is 3.17. The summed E-state index contributed by atoms with van der Waals surface area (Å²) in [7, 11) is 0. The first-order valence-electron chi connectivity index (χ1n) is 8.82. The Labute approximate surface area is 160 Å². The van der Waals surface area contributed by atoms with Crippen LogP contribution < -0.4 is 4.90 Å². The van der Waals surface area contributed by atoms with Crippen LogP contribution in [0.5, 0.6) is 0 Å². The lowest BCUT2D eigenvalue weighted by Crippen LogP contribution is -2.32. The quantitative estimate of drug-likeness (QED) is 0.532. The van der Waals surface area contributed by atoms with Crippen LogP contribution in [0.4, 0.5) is 5.95 Å². The van der Waals surface area contributed by atoms with Crippen LogP contribution in [-0.4, -0.2) is 56.1 Å². The largest absolute Gasteiger partial charge is 0.395 e. The molecule has 7 nitrogen and oxygen atoms in total. The molecule has 4 aromatic rings. The second-order valence-corrected chi connectivity index (χ2v) is 7.55. The van der Waals surface area contributed by atoms with Crippen molar-refractivity contribution in [1.82, 2.24) is 19.6 Å². The molecule has 0 amide bonds. The maximum atomic E-state index is 9.45. The molecule has 0 aliphatic carbocycles. The van der Waals surface area contributed by atoms with E-state index in [1.807, 2.05) is 35.2 Å². The van der Waals surface area contributed by atoms with Crippen LogP contribution in [0.2, 0.25) is 0 Å². The average Bonchev–Trinajstić information content (AvgIpc) is 3.23. The summed E-state index contributed by atoms with van der Waals surface area (Å²) < 4.78 is 1.73. The van der Waals surface area contributed by atoms with Gasteiger partial charge in [0.15, 0.2) is 11.5 Å². The van der Waals surface area contributed by atoms with Gasteiger partial charge >= 0.3 is 0 Å². The van der Waals surface area contributed by atoms with E-state index in [0.29, 0.717) is 24.9 Å². The van der Waals surface area contributed by atoms with Crippen LogP contribution >= 0.6 is 11.3 Å². The highest BCUT2D eigenvalue weighted by Crippen LogP contribution is 2.34. The minimum absolute atomic E-state index is 0.0378. The molecule has 0 fully saturated rings. The number of aromatic nitrogens is 4. The average molecular weight is 383 g/mol. The molecule has 0 aliphatic heterocycles. The van der Waals surface area contributed by atoms with Crippen molar-refractivity contribution in [3.63, 3.8) is 0 Å². The Morgan fingerprint density at radius 2 is 1.74 bits per heavy atom. The molecular formula is C19H21N5O2S. The minimum Gasteiger partial charge on any atom is -0.395 e. The normalized spacial score (nSPS) is 11.6. The number of nitrogens with zero attached hydrogens (tertiary/aromatic N) is 5. The molecule has 0 atom stereocenters. The van der Waals surface area contributed by atoms with Gasteiger partial charge in [-0.3, -0.25) is 0 Å². The van der Waals surface area contributed by atoms with Gasteiger partial charge in [-0.2, -0.15) is 4.52 Å². The predicted molar refractivity (Wildman–Crippen MR) is 107 cm³/mol. The first-order valence-corrected chi connectivity index (χ1v) is 9.64. The van der Waals surface area contributed by atoms with Crippen molar-refractivity contribution in [2.75, 3.05) is 31.2 Å². The zero-order chi connectivity index (χ0) is 19.0. The highest BCUT2D eigenvalue weighted by molar-refractivity contribution is 7.18. The second-order valence-electron chi connectivity index (χ2n) is 6.35. The molecule has 0 spiro atoms. The molecule has 0 radical (unpaired) electrons. The SMILES string of the molecule is Cc1sc2nc(N(CCO)CCO)n3nc(-c4ccccc4)nc3c2c1C. The smallest absolute Gasteiger partial charge is 0.230 e. The third-order valence-electron chi connectivity index (χ3n) is 4.64. The summed E-state index contributed by atoms with van der Waals surface area (Å²) in [4.78, 5) is 13.5. The Bertz CT molecular complexity index is 1080. The van der Waals surface area contributed by atoms with Crippen LogP contribution in [0.1, 0.15) is 10.4 Å². The summed E-state index contributed by atoms with van der Waals surface area (Å²) in [5.74, 6) is 1.21. The number of hydrogen-bond donors (Lipinski definition) is 2. The zero-order valence-corrected chi connectivity index (χ0v) is 16.1. The van der Waals surface area contributed by atoms with Crippen molar-refractivity contribution in [1.29, 1.82) is 0 Å². The fourth-order valence-corrected chi connectivity index (χ4v) is 4.19. The fraction of sp³-hybridized carbons (Fsp3) is 0.316. The molecule has 3 heterocycles. The van der Waals surface area contributed by atoms with Crippen molar-refractivity contribution in [2.45, 2.75) is 13.8 Å². The van der Waals surface area contributed by atoms with Gasteiger partial charge in [0, 0.05) is 23.5 Å². The molecular weight excluding hydrogens is 362 g/mol. The lowest BCUT2D eigenvalue weighted by atomic mass is 10.2. The molecule has 0 bridgehead atoms. The molecule has 2 N–H and O–H groups in total. The molecule has 3 aromatic heterocycles. The molecule has 0 saturated carbocycles. The van der Waals surface area contributed by atoms with Gasteiger partial charge in [-0.1, -0.05) is 30.3 Å². The van der Waals surface area contributed by atoms with E-state index in [4.69, 9.17) is 15.1 Å². The standard InChI is InChI=1S/C19H21N5O2S/c1-12-13(2)27-18-15(12)17-20-16(14-6-4-3-5-7-14)22-24(17)19(21-18)23(8-10-25)9-11-26/h3-7,25-26H,8-11H2,1-2H3. The summed E-state index contributed by atoms with van der Waals surface area (Å²) >= 11 is 1.62. The monoisotopic (exact) mass is 383 g/mol. The highest BCUT2D eigenvalue weighted by Gasteiger charge is 2.21. The molecule has 140 valence electrons. The molecule has 0 saturated heterocycles. The van der Waals surface area contributed by atoms with Gasteiger partial charge in [-0.15, -0.1) is 16.4 Å². The van der Waals surface area contributed by atoms with Gasteiger partial charge in [0.25, 0.3) is 0 Å². The van der Waals surface area contributed by atoms with Crippen molar-refractivity contribution < 1.29 is 10.2 Å². The van der Waals surface area contributed by atoms with Gasteiger partial charge in [0.05, 0.1) is 18.6 Å². The van der Waals surface area contributed by atoms with Crippen LogP contribution in [0.3, 0.4) is 0 Å². The number of aliphatic hydroxyl groups excluding tert-OH is 2. The number of benzene rings is 1. The third-order valence-corrected chi connectivity index (χ3v) is 5.74. The maximum absolute atomic E-state index is 9.45. The second kappa shape index (κ2) is 7.22. The van der Waals surface area contributed by atoms with E-state index in [0.717, 1.165) is 27.0 Å². The van der Waals surface area contributed by atoms with Crippen molar-refractivity contribution in [3.05, 3.63) is 40.8 Å². The van der Waals surface area contributed by atoms with E-state index in [1.165, 1.54) is 4.88 Å². The van der Waals surface area contributed by atoms with Gasteiger partial charge in [-0.05, 0) is 19.4 Å². The number of aliphatic hydroxyl groups is 2. The van der Waals surface area contributed by atoms with Crippen molar-refractivity contribution in [3.8, 4) is 11.4 Å². The number of aryl methyl sites for hydroxylation is 2. The Hall–Kier alpha value is -2.55. The lowest BCUT2D eigenvalue weighted by molar-refractivity contribution is 0.280. The topological polar surface area (TPSA) is 86.8 Å².